The summed E-state index contributed by atoms with van der Waals surface area (Å²) in [6.45, 7) is 4.39. The van der Waals surface area contributed by atoms with E-state index in [0.717, 1.165) is 0 Å². The number of hydrogen-bond acceptors (Lipinski definition) is 2. The summed E-state index contributed by atoms with van der Waals surface area (Å²) in [4.78, 5) is 0. The Kier molecular flexibility index (Phi) is 3.60. The Labute approximate surface area is 124 Å². The van der Waals surface area contributed by atoms with Crippen LogP contribution < -0.4 is 5.32 Å². The van der Waals surface area contributed by atoms with Crippen LogP contribution >= 0.6 is 11.3 Å². The van der Waals surface area contributed by atoms with Gasteiger partial charge in [0, 0.05) is 4.70 Å². The first-order chi connectivity index (χ1) is 9.72. The van der Waals surface area contributed by atoms with Crippen LogP contribution in [0.1, 0.15) is 28.3 Å². The maximum Gasteiger partial charge on any atom is 0.0593 e. The minimum Gasteiger partial charge on any atom is -0.309 e. The number of rotatable bonds is 3. The van der Waals surface area contributed by atoms with E-state index >= 15 is 0 Å². The van der Waals surface area contributed by atoms with Crippen LogP contribution in [0.4, 0.5) is 0 Å². The van der Waals surface area contributed by atoms with Gasteiger partial charge in [-0.2, -0.15) is 0 Å². The summed E-state index contributed by atoms with van der Waals surface area (Å²) in [7, 11) is 2.04. The summed E-state index contributed by atoms with van der Waals surface area (Å²) in [6.07, 6.45) is 0. The molecule has 0 fully saturated rings. The first-order valence-electron chi connectivity index (χ1n) is 6.92. The van der Waals surface area contributed by atoms with Crippen molar-refractivity contribution in [2.24, 2.45) is 0 Å². The van der Waals surface area contributed by atoms with E-state index in [1.165, 1.54) is 32.3 Å². The molecular weight excluding hydrogens is 262 g/mol. The third-order valence-electron chi connectivity index (χ3n) is 3.94. The Bertz CT molecular complexity index is 722. The fourth-order valence-corrected chi connectivity index (χ4v) is 3.93. The summed E-state index contributed by atoms with van der Waals surface area (Å²) >= 11 is 1.82. The topological polar surface area (TPSA) is 12.0 Å². The van der Waals surface area contributed by atoms with E-state index in [-0.39, 0.29) is 6.04 Å². The number of thiophene rings is 1. The van der Waals surface area contributed by atoms with Crippen molar-refractivity contribution in [2.75, 3.05) is 7.05 Å². The van der Waals surface area contributed by atoms with E-state index in [9.17, 15) is 0 Å². The van der Waals surface area contributed by atoms with Gasteiger partial charge in [-0.25, -0.2) is 0 Å². The lowest BCUT2D eigenvalue weighted by molar-refractivity contribution is 0.689. The predicted octanol–water partition coefficient (Wildman–Crippen LogP) is 4.83. The molecule has 1 N–H and O–H groups in total. The van der Waals surface area contributed by atoms with Crippen LogP contribution in [0.15, 0.2) is 47.8 Å². The normalized spacial score (nSPS) is 12.8. The minimum atomic E-state index is 0.249. The molecule has 102 valence electrons. The van der Waals surface area contributed by atoms with Crippen LogP contribution in [-0.2, 0) is 0 Å². The third kappa shape index (κ3) is 2.15. The van der Waals surface area contributed by atoms with Crippen LogP contribution in [0.25, 0.3) is 10.1 Å². The Morgan fingerprint density at radius 1 is 0.950 bits per heavy atom. The Morgan fingerprint density at radius 3 is 2.35 bits per heavy atom. The largest absolute Gasteiger partial charge is 0.309 e. The predicted molar refractivity (Wildman–Crippen MR) is 88.6 cm³/mol. The smallest absolute Gasteiger partial charge is 0.0593 e. The van der Waals surface area contributed by atoms with Crippen molar-refractivity contribution in [3.05, 3.63) is 70.1 Å². The van der Waals surface area contributed by atoms with Gasteiger partial charge in [-0.15, -0.1) is 11.3 Å². The lowest BCUT2D eigenvalue weighted by atomic mass is 9.91. The molecule has 1 atom stereocenters. The van der Waals surface area contributed by atoms with Crippen molar-refractivity contribution >= 4 is 21.4 Å². The highest BCUT2D eigenvalue weighted by atomic mass is 32.1. The molecule has 1 heterocycles. The van der Waals surface area contributed by atoms with Crippen molar-refractivity contribution in [1.29, 1.82) is 0 Å². The van der Waals surface area contributed by atoms with E-state index in [1.54, 1.807) is 0 Å². The minimum absolute atomic E-state index is 0.249. The second kappa shape index (κ2) is 5.39. The molecular formula is C18H19NS. The van der Waals surface area contributed by atoms with Crippen LogP contribution in [0.3, 0.4) is 0 Å². The SMILES string of the molecule is CNC(c1c(C)cccc1C)c1cccc2ccsc12. The van der Waals surface area contributed by atoms with E-state index < -0.39 is 0 Å². The molecule has 2 aromatic carbocycles. The van der Waals surface area contributed by atoms with Gasteiger partial charge in [-0.05, 0) is 60.0 Å². The van der Waals surface area contributed by atoms with Gasteiger partial charge in [0.15, 0.2) is 0 Å². The number of aryl methyl sites for hydroxylation is 2. The maximum absolute atomic E-state index is 3.50. The summed E-state index contributed by atoms with van der Waals surface area (Å²) < 4.78 is 1.38. The van der Waals surface area contributed by atoms with E-state index in [4.69, 9.17) is 0 Å². The Morgan fingerprint density at radius 2 is 1.65 bits per heavy atom. The van der Waals surface area contributed by atoms with Gasteiger partial charge in [-0.1, -0.05) is 36.4 Å². The molecule has 2 heteroatoms. The van der Waals surface area contributed by atoms with Gasteiger partial charge < -0.3 is 5.32 Å². The monoisotopic (exact) mass is 281 g/mol. The molecule has 0 aliphatic carbocycles. The zero-order valence-corrected chi connectivity index (χ0v) is 12.9. The highest BCUT2D eigenvalue weighted by molar-refractivity contribution is 7.17. The molecule has 0 bridgehead atoms. The molecule has 1 aromatic heterocycles. The Balaban J connectivity index is 2.22. The molecule has 20 heavy (non-hydrogen) atoms. The standard InChI is InChI=1S/C18H19NS/c1-12-6-4-7-13(2)16(12)17(19-3)15-9-5-8-14-10-11-20-18(14)15/h4-11,17,19H,1-3H3. The summed E-state index contributed by atoms with van der Waals surface area (Å²) in [6, 6.07) is 15.6. The van der Waals surface area contributed by atoms with Crippen LogP contribution in [0, 0.1) is 13.8 Å². The van der Waals surface area contributed by atoms with Crippen molar-refractivity contribution in [1.82, 2.24) is 5.32 Å². The third-order valence-corrected chi connectivity index (χ3v) is 4.92. The summed E-state index contributed by atoms with van der Waals surface area (Å²) in [5.41, 5.74) is 5.46. The molecule has 0 saturated heterocycles. The zero-order chi connectivity index (χ0) is 14.1. The molecule has 1 unspecified atom stereocenters. The number of nitrogens with one attached hydrogen (secondary N) is 1. The van der Waals surface area contributed by atoms with Crippen molar-refractivity contribution in [3.63, 3.8) is 0 Å². The number of benzene rings is 2. The van der Waals surface area contributed by atoms with Crippen molar-refractivity contribution in [3.8, 4) is 0 Å². The van der Waals surface area contributed by atoms with Gasteiger partial charge in [-0.3, -0.25) is 0 Å². The van der Waals surface area contributed by atoms with E-state index in [1.807, 2.05) is 18.4 Å². The Hall–Kier alpha value is -1.64. The average Bonchev–Trinajstić information content (AvgIpc) is 2.91. The molecule has 0 saturated carbocycles. The molecule has 0 amide bonds. The number of fused-ring (bicyclic) bond motifs is 1. The maximum atomic E-state index is 3.50. The van der Waals surface area contributed by atoms with Gasteiger partial charge in [0.2, 0.25) is 0 Å². The molecule has 0 radical (unpaired) electrons. The fourth-order valence-electron chi connectivity index (χ4n) is 2.98. The summed E-state index contributed by atoms with van der Waals surface area (Å²) in [5, 5.41) is 7.01. The van der Waals surface area contributed by atoms with Gasteiger partial charge in [0.1, 0.15) is 0 Å². The van der Waals surface area contributed by atoms with Crippen LogP contribution in [0.2, 0.25) is 0 Å². The highest BCUT2D eigenvalue weighted by Gasteiger charge is 2.18. The van der Waals surface area contributed by atoms with Crippen LogP contribution in [0.5, 0.6) is 0 Å². The molecule has 1 nitrogen and oxygen atoms in total. The van der Waals surface area contributed by atoms with Crippen molar-refractivity contribution < 1.29 is 0 Å². The van der Waals surface area contributed by atoms with Gasteiger partial charge in [0.25, 0.3) is 0 Å². The summed E-state index contributed by atoms with van der Waals surface area (Å²) in [5.74, 6) is 0. The zero-order valence-electron chi connectivity index (χ0n) is 12.1. The first kappa shape index (κ1) is 13.3. The molecule has 0 aliphatic heterocycles. The van der Waals surface area contributed by atoms with E-state index in [2.05, 4.69) is 67.0 Å². The van der Waals surface area contributed by atoms with Crippen molar-refractivity contribution in [2.45, 2.75) is 19.9 Å². The lowest BCUT2D eigenvalue weighted by Crippen LogP contribution is -2.19. The molecule has 0 spiro atoms. The quantitative estimate of drug-likeness (QED) is 0.725. The van der Waals surface area contributed by atoms with Gasteiger partial charge >= 0.3 is 0 Å². The lowest BCUT2D eigenvalue weighted by Gasteiger charge is -2.22. The number of hydrogen-bond donors (Lipinski definition) is 1. The van der Waals surface area contributed by atoms with Crippen LogP contribution in [-0.4, -0.2) is 7.05 Å². The first-order valence-corrected chi connectivity index (χ1v) is 7.80. The molecule has 0 aliphatic rings. The molecule has 3 rings (SSSR count). The fraction of sp³-hybridized carbons (Fsp3) is 0.222. The van der Waals surface area contributed by atoms with E-state index in [0.29, 0.717) is 0 Å². The second-order valence-corrected chi connectivity index (χ2v) is 6.13. The highest BCUT2D eigenvalue weighted by Crippen LogP contribution is 2.34. The second-order valence-electron chi connectivity index (χ2n) is 5.21. The molecule has 3 aromatic rings. The van der Waals surface area contributed by atoms with Gasteiger partial charge in [0.05, 0.1) is 6.04 Å². The average molecular weight is 281 g/mol.